The van der Waals surface area contributed by atoms with Gasteiger partial charge >= 0.3 is 5.97 Å². The highest BCUT2D eigenvalue weighted by Crippen LogP contribution is 2.33. The third-order valence-corrected chi connectivity index (χ3v) is 4.16. The van der Waals surface area contributed by atoms with Crippen molar-refractivity contribution in [1.82, 2.24) is 4.98 Å². The van der Waals surface area contributed by atoms with Gasteiger partial charge in [-0.1, -0.05) is 30.3 Å². The fraction of sp³-hybridized carbons (Fsp3) is 0.333. The molecule has 0 saturated carbocycles. The van der Waals surface area contributed by atoms with Gasteiger partial charge in [0.1, 0.15) is 11.4 Å². The van der Waals surface area contributed by atoms with Gasteiger partial charge in [-0.15, -0.1) is 0 Å². The van der Waals surface area contributed by atoms with Crippen molar-refractivity contribution in [2.75, 3.05) is 32.2 Å². The van der Waals surface area contributed by atoms with Gasteiger partial charge in [0.05, 0.1) is 19.8 Å². The van der Waals surface area contributed by atoms with Gasteiger partial charge in [0.2, 0.25) is 0 Å². The van der Waals surface area contributed by atoms with Crippen LogP contribution in [-0.4, -0.2) is 42.9 Å². The lowest BCUT2D eigenvalue weighted by molar-refractivity contribution is -0.0937. The zero-order chi connectivity index (χ0) is 17.0. The fourth-order valence-electron chi connectivity index (χ4n) is 3.05. The molecular formula is C18H20N2O4. The van der Waals surface area contributed by atoms with Crippen molar-refractivity contribution < 1.29 is 19.4 Å². The van der Waals surface area contributed by atoms with Gasteiger partial charge in [-0.25, -0.2) is 9.78 Å². The van der Waals surface area contributed by atoms with E-state index in [0.29, 0.717) is 25.6 Å². The number of aromatic carboxylic acids is 1. The zero-order valence-corrected chi connectivity index (χ0v) is 13.5. The normalized spacial score (nSPS) is 19.5. The van der Waals surface area contributed by atoms with E-state index in [1.807, 2.05) is 12.1 Å². The van der Waals surface area contributed by atoms with Gasteiger partial charge in [0.25, 0.3) is 0 Å². The van der Waals surface area contributed by atoms with Crippen molar-refractivity contribution >= 4 is 11.8 Å². The van der Waals surface area contributed by atoms with Crippen LogP contribution in [0.1, 0.15) is 21.6 Å². The summed E-state index contributed by atoms with van der Waals surface area (Å²) in [6.07, 6.45) is 0.869. The highest BCUT2D eigenvalue weighted by atomic mass is 16.5. The second-order valence-corrected chi connectivity index (χ2v) is 5.75. The summed E-state index contributed by atoms with van der Waals surface area (Å²) in [7, 11) is 1.64. The molecule has 2 N–H and O–H groups in total. The van der Waals surface area contributed by atoms with Crippen LogP contribution in [0.5, 0.6) is 0 Å². The minimum absolute atomic E-state index is 0.00533. The second-order valence-electron chi connectivity index (χ2n) is 5.75. The molecule has 1 atom stereocenters. The molecule has 6 heteroatoms. The Kier molecular flexibility index (Phi) is 4.78. The number of methoxy groups -OCH3 is 1. The van der Waals surface area contributed by atoms with Crippen LogP contribution in [0, 0.1) is 0 Å². The summed E-state index contributed by atoms with van der Waals surface area (Å²) in [5, 5.41) is 12.3. The highest BCUT2D eigenvalue weighted by Gasteiger charge is 2.38. The predicted octanol–water partition coefficient (Wildman–Crippen LogP) is 2.31. The standard InChI is InChI=1S/C18H20N2O4/c1-23-12-18(14-6-3-2-5-13(14)9-10-24-18)11-19-16-8-4-7-15(20-16)17(21)22/h2-8H,9-12H2,1H3,(H,19,20)(H,21,22). The number of aromatic nitrogens is 1. The fourth-order valence-corrected chi connectivity index (χ4v) is 3.05. The quantitative estimate of drug-likeness (QED) is 0.847. The Labute approximate surface area is 140 Å². The lowest BCUT2D eigenvalue weighted by Crippen LogP contribution is -2.45. The summed E-state index contributed by atoms with van der Waals surface area (Å²) in [6.45, 7) is 1.45. The number of nitrogens with one attached hydrogen (secondary N) is 1. The average molecular weight is 328 g/mol. The van der Waals surface area contributed by atoms with E-state index >= 15 is 0 Å². The van der Waals surface area contributed by atoms with Gasteiger partial charge in [0.15, 0.2) is 5.69 Å². The summed E-state index contributed by atoms with van der Waals surface area (Å²) < 4.78 is 11.5. The molecule has 0 radical (unpaired) electrons. The van der Waals surface area contributed by atoms with Gasteiger partial charge in [-0.05, 0) is 29.7 Å². The summed E-state index contributed by atoms with van der Waals surface area (Å²) in [5.74, 6) is -0.554. The van der Waals surface area contributed by atoms with Crippen molar-refractivity contribution in [3.05, 3.63) is 59.3 Å². The highest BCUT2D eigenvalue weighted by molar-refractivity contribution is 5.85. The molecule has 1 aromatic carbocycles. The lowest BCUT2D eigenvalue weighted by atomic mass is 9.86. The SMILES string of the molecule is COCC1(CNc2cccc(C(=O)O)n2)OCCc2ccccc21. The van der Waals surface area contributed by atoms with Crippen LogP contribution in [0.4, 0.5) is 5.82 Å². The van der Waals surface area contributed by atoms with Crippen LogP contribution >= 0.6 is 0 Å². The molecule has 1 aromatic heterocycles. The molecule has 0 fully saturated rings. The molecular weight excluding hydrogens is 308 g/mol. The van der Waals surface area contributed by atoms with Crippen LogP contribution < -0.4 is 5.32 Å². The van der Waals surface area contributed by atoms with E-state index in [-0.39, 0.29) is 5.69 Å². The Bertz CT molecular complexity index is 734. The lowest BCUT2D eigenvalue weighted by Gasteiger charge is -2.39. The first-order valence-corrected chi connectivity index (χ1v) is 7.80. The maximum Gasteiger partial charge on any atom is 0.354 e. The van der Waals surface area contributed by atoms with E-state index in [2.05, 4.69) is 22.4 Å². The molecule has 6 nitrogen and oxygen atoms in total. The average Bonchev–Trinajstić information content (AvgIpc) is 2.61. The molecule has 0 aliphatic carbocycles. The monoisotopic (exact) mass is 328 g/mol. The topological polar surface area (TPSA) is 80.7 Å². The Morgan fingerprint density at radius 2 is 2.17 bits per heavy atom. The van der Waals surface area contributed by atoms with E-state index in [1.54, 1.807) is 19.2 Å². The van der Waals surface area contributed by atoms with Crippen molar-refractivity contribution in [3.8, 4) is 0 Å². The predicted molar refractivity (Wildman–Crippen MR) is 89.3 cm³/mol. The molecule has 0 spiro atoms. The summed E-state index contributed by atoms with van der Waals surface area (Å²) in [6, 6.07) is 13.0. The molecule has 3 rings (SSSR count). The van der Waals surface area contributed by atoms with E-state index in [4.69, 9.17) is 14.6 Å². The molecule has 0 amide bonds. The number of carbonyl (C=O) groups is 1. The van der Waals surface area contributed by atoms with Crippen LogP contribution in [0.2, 0.25) is 0 Å². The van der Waals surface area contributed by atoms with Crippen LogP contribution in [0.25, 0.3) is 0 Å². The van der Waals surface area contributed by atoms with Crippen LogP contribution in [-0.2, 0) is 21.5 Å². The molecule has 1 unspecified atom stereocenters. The summed E-state index contributed by atoms with van der Waals surface area (Å²) in [4.78, 5) is 15.2. The number of hydrogen-bond acceptors (Lipinski definition) is 5. The van der Waals surface area contributed by atoms with E-state index in [9.17, 15) is 4.79 Å². The molecule has 126 valence electrons. The molecule has 1 aliphatic rings. The number of rotatable bonds is 6. The Hall–Kier alpha value is -2.44. The van der Waals surface area contributed by atoms with Crippen LogP contribution in [0.15, 0.2) is 42.5 Å². The maximum absolute atomic E-state index is 11.1. The van der Waals surface area contributed by atoms with Gasteiger partial charge < -0.3 is 19.9 Å². The molecule has 1 aliphatic heterocycles. The van der Waals surface area contributed by atoms with Gasteiger partial charge in [-0.3, -0.25) is 0 Å². The number of carboxylic acids is 1. The maximum atomic E-state index is 11.1. The Balaban J connectivity index is 1.85. The molecule has 24 heavy (non-hydrogen) atoms. The number of fused-ring (bicyclic) bond motifs is 1. The number of anilines is 1. The third-order valence-electron chi connectivity index (χ3n) is 4.16. The Morgan fingerprint density at radius 1 is 1.33 bits per heavy atom. The first kappa shape index (κ1) is 16.4. The smallest absolute Gasteiger partial charge is 0.354 e. The number of hydrogen-bond donors (Lipinski definition) is 2. The van der Waals surface area contributed by atoms with E-state index in [1.165, 1.54) is 11.6 Å². The van der Waals surface area contributed by atoms with Gasteiger partial charge in [0, 0.05) is 7.11 Å². The second kappa shape index (κ2) is 6.98. The molecule has 2 aromatic rings. The summed E-state index contributed by atoms with van der Waals surface area (Å²) >= 11 is 0. The van der Waals surface area contributed by atoms with Crippen molar-refractivity contribution in [3.63, 3.8) is 0 Å². The first-order valence-electron chi connectivity index (χ1n) is 7.80. The zero-order valence-electron chi connectivity index (χ0n) is 13.5. The van der Waals surface area contributed by atoms with Crippen molar-refractivity contribution in [2.45, 2.75) is 12.0 Å². The number of carboxylic acid groups (broad SMARTS) is 1. The third kappa shape index (κ3) is 3.25. The van der Waals surface area contributed by atoms with Crippen molar-refractivity contribution in [2.24, 2.45) is 0 Å². The van der Waals surface area contributed by atoms with Crippen molar-refractivity contribution in [1.29, 1.82) is 0 Å². The minimum atomic E-state index is -1.05. The number of nitrogens with zero attached hydrogens (tertiary/aromatic N) is 1. The largest absolute Gasteiger partial charge is 0.477 e. The molecule has 2 heterocycles. The summed E-state index contributed by atoms with van der Waals surface area (Å²) in [5.41, 5.74) is 1.73. The molecule has 0 saturated heterocycles. The number of ether oxygens (including phenoxy) is 2. The first-order chi connectivity index (χ1) is 11.6. The van der Waals surface area contributed by atoms with Crippen LogP contribution in [0.3, 0.4) is 0 Å². The molecule has 0 bridgehead atoms. The van der Waals surface area contributed by atoms with Gasteiger partial charge in [-0.2, -0.15) is 0 Å². The minimum Gasteiger partial charge on any atom is -0.477 e. The number of benzene rings is 1. The van der Waals surface area contributed by atoms with E-state index in [0.717, 1.165) is 12.0 Å². The van der Waals surface area contributed by atoms with E-state index < -0.39 is 11.6 Å². The Morgan fingerprint density at radius 3 is 2.96 bits per heavy atom. The number of pyridine rings is 1.